The van der Waals surface area contributed by atoms with Gasteiger partial charge in [0, 0.05) is 61.1 Å². The van der Waals surface area contributed by atoms with E-state index in [1.807, 2.05) is 13.0 Å². The summed E-state index contributed by atoms with van der Waals surface area (Å²) in [5, 5.41) is 6.15. The van der Waals surface area contributed by atoms with Crippen molar-refractivity contribution in [2.24, 2.45) is 11.8 Å². The maximum Gasteiger partial charge on any atom is 0.251 e. The minimum absolute atomic E-state index is 0.0298. The lowest BCUT2D eigenvalue weighted by Gasteiger charge is -2.40. The van der Waals surface area contributed by atoms with Crippen molar-refractivity contribution >= 4 is 17.5 Å². The summed E-state index contributed by atoms with van der Waals surface area (Å²) in [5.41, 5.74) is 3.59. The first-order chi connectivity index (χ1) is 19.7. The summed E-state index contributed by atoms with van der Waals surface area (Å²) in [6.07, 6.45) is 5.56. The molecule has 41 heavy (non-hydrogen) atoms. The molecule has 226 valence electrons. The highest BCUT2D eigenvalue weighted by molar-refractivity contribution is 5.98. The summed E-state index contributed by atoms with van der Waals surface area (Å²) >= 11 is 0. The number of nitrogens with zero attached hydrogens (tertiary/aromatic N) is 3. The largest absolute Gasteiger partial charge is 0.379 e. The van der Waals surface area contributed by atoms with Crippen molar-refractivity contribution in [3.63, 3.8) is 0 Å². The van der Waals surface area contributed by atoms with Crippen LogP contribution < -0.4 is 15.5 Å². The SMILES string of the molecule is CCN(c1cc(C#CCN2CCOCC2)cc(C(=O)NCC2C(=O)NC(C)CC2C)c1C)C1CCC(N(C)C)CC1. The summed E-state index contributed by atoms with van der Waals surface area (Å²) in [6.45, 7) is 13.6. The Hall–Kier alpha value is -2.60. The molecule has 4 rings (SSSR count). The Kier molecular flexibility index (Phi) is 11.1. The van der Waals surface area contributed by atoms with E-state index < -0.39 is 0 Å². The normalized spacial score (nSPS) is 27.1. The van der Waals surface area contributed by atoms with E-state index in [9.17, 15) is 9.59 Å². The van der Waals surface area contributed by atoms with Crippen LogP contribution in [0.5, 0.6) is 0 Å². The Morgan fingerprint density at radius 3 is 2.44 bits per heavy atom. The van der Waals surface area contributed by atoms with Crippen LogP contribution in [0, 0.1) is 30.6 Å². The van der Waals surface area contributed by atoms with Crippen molar-refractivity contribution < 1.29 is 14.3 Å². The molecule has 2 N–H and O–H groups in total. The molecule has 2 heterocycles. The second-order valence-corrected chi connectivity index (χ2v) is 12.5. The van der Waals surface area contributed by atoms with E-state index in [1.54, 1.807) is 0 Å². The Morgan fingerprint density at radius 2 is 1.80 bits per heavy atom. The van der Waals surface area contributed by atoms with E-state index in [2.05, 4.69) is 78.1 Å². The summed E-state index contributed by atoms with van der Waals surface area (Å²) in [6, 6.07) is 5.36. The highest BCUT2D eigenvalue weighted by Gasteiger charge is 2.33. The van der Waals surface area contributed by atoms with Crippen LogP contribution in [0.4, 0.5) is 5.69 Å². The monoisotopic (exact) mass is 565 g/mol. The molecule has 3 atom stereocenters. The lowest BCUT2D eigenvalue weighted by molar-refractivity contribution is -0.129. The number of hydrogen-bond acceptors (Lipinski definition) is 6. The van der Waals surface area contributed by atoms with E-state index in [1.165, 1.54) is 12.8 Å². The number of amides is 2. The fraction of sp³-hybridized carbons (Fsp3) is 0.697. The predicted molar refractivity (Wildman–Crippen MR) is 165 cm³/mol. The van der Waals surface area contributed by atoms with E-state index >= 15 is 0 Å². The second kappa shape index (κ2) is 14.5. The number of benzene rings is 1. The topological polar surface area (TPSA) is 77.1 Å². The van der Waals surface area contributed by atoms with Gasteiger partial charge in [-0.1, -0.05) is 18.8 Å². The maximum atomic E-state index is 13.7. The zero-order valence-corrected chi connectivity index (χ0v) is 26.1. The van der Waals surface area contributed by atoms with Crippen LogP contribution in [-0.2, 0) is 9.53 Å². The highest BCUT2D eigenvalue weighted by Crippen LogP contribution is 2.33. The van der Waals surface area contributed by atoms with Crippen molar-refractivity contribution in [2.45, 2.75) is 77.9 Å². The van der Waals surface area contributed by atoms with Crippen molar-refractivity contribution in [1.29, 1.82) is 0 Å². The lowest BCUT2D eigenvalue weighted by Crippen LogP contribution is -2.50. The number of rotatable bonds is 8. The minimum Gasteiger partial charge on any atom is -0.379 e. The zero-order chi connectivity index (χ0) is 29.5. The van der Waals surface area contributed by atoms with Crippen molar-refractivity contribution in [3.8, 4) is 11.8 Å². The van der Waals surface area contributed by atoms with Crippen molar-refractivity contribution in [2.75, 3.05) is 64.9 Å². The van der Waals surface area contributed by atoms with E-state index in [0.29, 0.717) is 30.7 Å². The third-order valence-corrected chi connectivity index (χ3v) is 9.37. The van der Waals surface area contributed by atoms with Gasteiger partial charge in [0.25, 0.3) is 5.91 Å². The summed E-state index contributed by atoms with van der Waals surface area (Å²) in [4.78, 5) is 33.5. The van der Waals surface area contributed by atoms with Gasteiger partial charge in [0.2, 0.25) is 5.91 Å². The maximum absolute atomic E-state index is 13.7. The Bertz CT molecular complexity index is 1110. The average molecular weight is 566 g/mol. The fourth-order valence-electron chi connectivity index (χ4n) is 6.81. The van der Waals surface area contributed by atoms with Gasteiger partial charge in [-0.05, 0) is 90.6 Å². The molecule has 2 saturated heterocycles. The molecule has 3 aliphatic rings. The molecule has 0 radical (unpaired) electrons. The summed E-state index contributed by atoms with van der Waals surface area (Å²) in [7, 11) is 4.35. The number of nitrogens with one attached hydrogen (secondary N) is 2. The number of ether oxygens (including phenoxy) is 1. The third-order valence-electron chi connectivity index (χ3n) is 9.37. The van der Waals surface area contributed by atoms with Gasteiger partial charge in [-0.2, -0.15) is 0 Å². The first kappa shape index (κ1) is 31.3. The molecule has 8 heteroatoms. The molecule has 1 saturated carbocycles. The number of piperidine rings is 1. The quantitative estimate of drug-likeness (QED) is 0.472. The number of morpholine rings is 1. The molecule has 2 aliphatic heterocycles. The van der Waals surface area contributed by atoms with Gasteiger partial charge in [0.1, 0.15) is 0 Å². The molecule has 1 aromatic carbocycles. The molecule has 1 aliphatic carbocycles. The van der Waals surface area contributed by atoms with Crippen LogP contribution in [-0.4, -0.2) is 99.8 Å². The van der Waals surface area contributed by atoms with Crippen LogP contribution in [0.1, 0.15) is 74.4 Å². The number of carbonyl (C=O) groups excluding carboxylic acids is 2. The van der Waals surface area contributed by atoms with Gasteiger partial charge in [0.05, 0.1) is 25.7 Å². The molecule has 3 fully saturated rings. The van der Waals surface area contributed by atoms with Crippen LogP contribution in [0.25, 0.3) is 0 Å². The van der Waals surface area contributed by atoms with Gasteiger partial charge < -0.3 is 25.2 Å². The van der Waals surface area contributed by atoms with Crippen LogP contribution in [0.2, 0.25) is 0 Å². The standard InChI is InChI=1S/C33H51N5O3/c1-7-38(28-12-10-27(11-13-28)36(5)6)31-21-26(9-8-14-37-15-17-41-18-16-37)20-29(25(31)4)32(39)34-22-30-23(2)19-24(3)35-33(30)40/h20-21,23-24,27-28,30H,7,10-19,22H2,1-6H3,(H,34,39)(H,35,40). The van der Waals surface area contributed by atoms with Gasteiger partial charge in [0.15, 0.2) is 0 Å². The highest BCUT2D eigenvalue weighted by atomic mass is 16.5. The number of hydrogen-bond donors (Lipinski definition) is 2. The average Bonchev–Trinajstić information content (AvgIpc) is 2.95. The predicted octanol–water partition coefficient (Wildman–Crippen LogP) is 3.27. The van der Waals surface area contributed by atoms with Gasteiger partial charge in [-0.25, -0.2) is 0 Å². The number of anilines is 1. The molecule has 2 amide bonds. The molecule has 0 bridgehead atoms. The van der Waals surface area contributed by atoms with E-state index in [0.717, 1.165) is 68.9 Å². The van der Waals surface area contributed by atoms with E-state index in [4.69, 9.17) is 4.74 Å². The summed E-state index contributed by atoms with van der Waals surface area (Å²) < 4.78 is 5.47. The Balaban J connectivity index is 1.58. The second-order valence-electron chi connectivity index (χ2n) is 12.5. The third kappa shape index (κ3) is 8.03. The van der Waals surface area contributed by atoms with Crippen LogP contribution >= 0.6 is 0 Å². The first-order valence-corrected chi connectivity index (χ1v) is 15.6. The molecular weight excluding hydrogens is 514 g/mol. The molecular formula is C33H51N5O3. The number of carbonyl (C=O) groups is 2. The van der Waals surface area contributed by atoms with Crippen molar-refractivity contribution in [1.82, 2.24) is 20.4 Å². The van der Waals surface area contributed by atoms with Crippen LogP contribution in [0.15, 0.2) is 12.1 Å². The van der Waals surface area contributed by atoms with Crippen molar-refractivity contribution in [3.05, 3.63) is 28.8 Å². The Labute approximate surface area is 247 Å². The lowest BCUT2D eigenvalue weighted by atomic mass is 9.84. The smallest absolute Gasteiger partial charge is 0.251 e. The molecule has 8 nitrogen and oxygen atoms in total. The van der Waals surface area contributed by atoms with Gasteiger partial charge in [-0.3, -0.25) is 14.5 Å². The van der Waals surface area contributed by atoms with E-state index in [-0.39, 0.29) is 29.7 Å². The van der Waals surface area contributed by atoms with Gasteiger partial charge >= 0.3 is 0 Å². The summed E-state index contributed by atoms with van der Waals surface area (Å²) in [5.74, 6) is 6.63. The fourth-order valence-corrected chi connectivity index (χ4v) is 6.81. The van der Waals surface area contributed by atoms with Crippen LogP contribution in [0.3, 0.4) is 0 Å². The molecule has 3 unspecified atom stereocenters. The first-order valence-electron chi connectivity index (χ1n) is 15.6. The molecule has 0 spiro atoms. The Morgan fingerprint density at radius 1 is 1.12 bits per heavy atom. The molecule has 0 aromatic heterocycles. The van der Waals surface area contributed by atoms with Gasteiger partial charge in [-0.15, -0.1) is 0 Å². The zero-order valence-electron chi connectivity index (χ0n) is 26.1. The molecule has 1 aromatic rings. The minimum atomic E-state index is -0.217.